The maximum Gasteiger partial charge on any atom is 0.255 e. The third-order valence-electron chi connectivity index (χ3n) is 4.65. The van der Waals surface area contributed by atoms with Gasteiger partial charge in [0.15, 0.2) is 0 Å². The van der Waals surface area contributed by atoms with Gasteiger partial charge in [-0.3, -0.25) is 9.59 Å². The minimum Gasteiger partial charge on any atom is -0.489 e. The highest BCUT2D eigenvalue weighted by molar-refractivity contribution is 6.09. The fourth-order valence-corrected chi connectivity index (χ4v) is 3.02. The standard InChI is InChI=1S/C26H26N2O3/c1-18(2)17-31-22-13-9-12-21(16-22)25(29)28-24-15-8-7-14-23(24)26(30)27-19(3)20-10-5-4-6-11-20/h4-16,19H,1,17H2,2-3H3,(H,27,30)(H,28,29)/t19-/m0/s1. The Morgan fingerprint density at radius 1 is 0.935 bits per heavy atom. The molecular formula is C26H26N2O3. The Morgan fingerprint density at radius 2 is 1.65 bits per heavy atom. The molecule has 0 bridgehead atoms. The van der Waals surface area contributed by atoms with Gasteiger partial charge in [0.2, 0.25) is 0 Å². The summed E-state index contributed by atoms with van der Waals surface area (Å²) in [5, 5.41) is 5.82. The summed E-state index contributed by atoms with van der Waals surface area (Å²) >= 11 is 0. The fraction of sp³-hybridized carbons (Fsp3) is 0.154. The lowest BCUT2D eigenvalue weighted by Crippen LogP contribution is -2.28. The minimum absolute atomic E-state index is 0.167. The molecule has 0 unspecified atom stereocenters. The van der Waals surface area contributed by atoms with Crippen molar-refractivity contribution in [2.75, 3.05) is 11.9 Å². The number of hydrogen-bond acceptors (Lipinski definition) is 3. The second kappa shape index (κ2) is 10.3. The summed E-state index contributed by atoms with van der Waals surface area (Å²) in [6.07, 6.45) is 0. The molecule has 0 aromatic heterocycles. The van der Waals surface area contributed by atoms with Crippen molar-refractivity contribution in [3.63, 3.8) is 0 Å². The normalized spacial score (nSPS) is 11.3. The van der Waals surface area contributed by atoms with E-state index in [9.17, 15) is 9.59 Å². The van der Waals surface area contributed by atoms with E-state index in [1.165, 1.54) is 0 Å². The lowest BCUT2D eigenvalue weighted by molar-refractivity contribution is 0.0940. The molecule has 5 heteroatoms. The van der Waals surface area contributed by atoms with Crippen LogP contribution in [-0.2, 0) is 0 Å². The van der Waals surface area contributed by atoms with Gasteiger partial charge < -0.3 is 15.4 Å². The fourth-order valence-electron chi connectivity index (χ4n) is 3.02. The molecule has 0 radical (unpaired) electrons. The second-order valence-electron chi connectivity index (χ2n) is 7.38. The summed E-state index contributed by atoms with van der Waals surface area (Å²) in [6.45, 7) is 7.98. The van der Waals surface area contributed by atoms with Crippen LogP contribution in [0.1, 0.15) is 46.2 Å². The van der Waals surface area contributed by atoms with Crippen molar-refractivity contribution < 1.29 is 14.3 Å². The monoisotopic (exact) mass is 414 g/mol. The van der Waals surface area contributed by atoms with E-state index in [-0.39, 0.29) is 17.9 Å². The van der Waals surface area contributed by atoms with Crippen LogP contribution in [0.2, 0.25) is 0 Å². The van der Waals surface area contributed by atoms with E-state index in [4.69, 9.17) is 4.74 Å². The van der Waals surface area contributed by atoms with Crippen molar-refractivity contribution in [1.82, 2.24) is 5.32 Å². The van der Waals surface area contributed by atoms with E-state index in [1.807, 2.05) is 44.2 Å². The smallest absolute Gasteiger partial charge is 0.255 e. The first-order valence-electron chi connectivity index (χ1n) is 10.1. The van der Waals surface area contributed by atoms with Crippen molar-refractivity contribution in [1.29, 1.82) is 0 Å². The SMILES string of the molecule is C=C(C)COc1cccc(C(=O)Nc2ccccc2C(=O)N[C@@H](C)c2ccccc2)c1. The summed E-state index contributed by atoms with van der Waals surface area (Å²) in [4.78, 5) is 25.7. The molecule has 31 heavy (non-hydrogen) atoms. The van der Waals surface area contributed by atoms with Gasteiger partial charge >= 0.3 is 0 Å². The zero-order chi connectivity index (χ0) is 22.2. The molecule has 158 valence electrons. The summed E-state index contributed by atoms with van der Waals surface area (Å²) < 4.78 is 5.61. The maximum absolute atomic E-state index is 12.9. The Morgan fingerprint density at radius 3 is 2.39 bits per heavy atom. The van der Waals surface area contributed by atoms with E-state index >= 15 is 0 Å². The molecule has 0 spiro atoms. The summed E-state index contributed by atoms with van der Waals surface area (Å²) in [5.74, 6) is 0.00120. The third-order valence-corrected chi connectivity index (χ3v) is 4.65. The molecular weight excluding hydrogens is 388 g/mol. The number of hydrogen-bond donors (Lipinski definition) is 2. The van der Waals surface area contributed by atoms with Gasteiger partial charge in [0.05, 0.1) is 17.3 Å². The van der Waals surface area contributed by atoms with Crippen LogP contribution in [0.4, 0.5) is 5.69 Å². The van der Waals surface area contributed by atoms with Crippen molar-refractivity contribution in [2.45, 2.75) is 19.9 Å². The molecule has 5 nitrogen and oxygen atoms in total. The number of benzene rings is 3. The Bertz CT molecular complexity index is 1080. The average Bonchev–Trinajstić information content (AvgIpc) is 2.78. The first-order valence-corrected chi connectivity index (χ1v) is 10.1. The number of carbonyl (C=O) groups is 2. The molecule has 0 heterocycles. The van der Waals surface area contributed by atoms with Crippen LogP contribution in [0.5, 0.6) is 5.75 Å². The molecule has 2 amide bonds. The summed E-state index contributed by atoms with van der Waals surface area (Å²) in [6, 6.07) is 23.4. The van der Waals surface area contributed by atoms with Gasteiger partial charge in [0.1, 0.15) is 12.4 Å². The van der Waals surface area contributed by atoms with E-state index < -0.39 is 0 Å². The Hall–Kier alpha value is -3.86. The average molecular weight is 415 g/mol. The number of rotatable bonds is 8. The molecule has 0 saturated carbocycles. The van der Waals surface area contributed by atoms with Crippen molar-refractivity contribution in [2.24, 2.45) is 0 Å². The highest BCUT2D eigenvalue weighted by atomic mass is 16.5. The molecule has 0 aliphatic rings. The molecule has 3 aromatic rings. The first kappa shape index (κ1) is 21.8. The van der Waals surface area contributed by atoms with Crippen molar-refractivity contribution >= 4 is 17.5 Å². The molecule has 1 atom stereocenters. The van der Waals surface area contributed by atoms with Gasteiger partial charge in [0, 0.05) is 5.56 Å². The molecule has 2 N–H and O–H groups in total. The minimum atomic E-state index is -0.322. The Labute approximate surface area is 182 Å². The van der Waals surface area contributed by atoms with Crippen LogP contribution < -0.4 is 15.4 Å². The van der Waals surface area contributed by atoms with Gasteiger partial charge in [-0.25, -0.2) is 0 Å². The number of ether oxygens (including phenoxy) is 1. The second-order valence-corrected chi connectivity index (χ2v) is 7.38. The molecule has 0 aliphatic carbocycles. The largest absolute Gasteiger partial charge is 0.489 e. The summed E-state index contributed by atoms with van der Waals surface area (Å²) in [7, 11) is 0. The number of amides is 2. The molecule has 0 fully saturated rings. The predicted octanol–water partition coefficient (Wildman–Crippen LogP) is 5.38. The highest BCUT2D eigenvalue weighted by Gasteiger charge is 2.17. The van der Waals surface area contributed by atoms with Crippen LogP contribution in [0.3, 0.4) is 0 Å². The lowest BCUT2D eigenvalue weighted by atomic mass is 10.1. The number of nitrogens with one attached hydrogen (secondary N) is 2. The van der Waals surface area contributed by atoms with Gasteiger partial charge in [-0.2, -0.15) is 0 Å². The van der Waals surface area contributed by atoms with Crippen LogP contribution >= 0.6 is 0 Å². The zero-order valence-corrected chi connectivity index (χ0v) is 17.7. The van der Waals surface area contributed by atoms with E-state index in [0.717, 1.165) is 11.1 Å². The van der Waals surface area contributed by atoms with Crippen molar-refractivity contribution in [3.8, 4) is 5.75 Å². The van der Waals surface area contributed by atoms with Gasteiger partial charge in [-0.15, -0.1) is 0 Å². The van der Waals surface area contributed by atoms with E-state index in [2.05, 4.69) is 17.2 Å². The Kier molecular flexibility index (Phi) is 7.22. The van der Waals surface area contributed by atoms with Crippen molar-refractivity contribution in [3.05, 3.63) is 108 Å². The van der Waals surface area contributed by atoms with Gasteiger partial charge in [0.25, 0.3) is 11.8 Å². The number of carbonyl (C=O) groups excluding carboxylic acids is 2. The Balaban J connectivity index is 1.73. The van der Waals surface area contributed by atoms with E-state index in [0.29, 0.717) is 29.2 Å². The van der Waals surface area contributed by atoms with Crippen LogP contribution in [-0.4, -0.2) is 18.4 Å². The number of anilines is 1. The topological polar surface area (TPSA) is 67.4 Å². The lowest BCUT2D eigenvalue weighted by Gasteiger charge is -2.16. The first-order chi connectivity index (χ1) is 14.9. The van der Waals surface area contributed by atoms with Crippen LogP contribution in [0.15, 0.2) is 91.0 Å². The van der Waals surface area contributed by atoms with Gasteiger partial charge in [-0.05, 0) is 55.3 Å². The predicted molar refractivity (Wildman–Crippen MR) is 123 cm³/mol. The van der Waals surface area contributed by atoms with Crippen LogP contribution in [0.25, 0.3) is 0 Å². The summed E-state index contributed by atoms with van der Waals surface area (Å²) in [5.41, 5.74) is 3.17. The molecule has 0 saturated heterocycles. The zero-order valence-electron chi connectivity index (χ0n) is 17.7. The highest BCUT2D eigenvalue weighted by Crippen LogP contribution is 2.20. The molecule has 3 rings (SSSR count). The van der Waals surface area contributed by atoms with Gasteiger partial charge in [-0.1, -0.05) is 55.1 Å². The third kappa shape index (κ3) is 6.06. The molecule has 3 aromatic carbocycles. The quantitative estimate of drug-likeness (QED) is 0.486. The van der Waals surface area contributed by atoms with Crippen LogP contribution in [0, 0.1) is 0 Å². The molecule has 0 aliphatic heterocycles. The van der Waals surface area contributed by atoms with E-state index in [1.54, 1.807) is 48.5 Å². The number of para-hydroxylation sites is 1. The maximum atomic E-state index is 12.9.